The molecule has 0 atom stereocenters. The maximum Gasteiger partial charge on any atom is 0.0372 e. The van der Waals surface area contributed by atoms with E-state index in [1.54, 1.807) is 0 Å². The van der Waals surface area contributed by atoms with Gasteiger partial charge >= 0.3 is 0 Å². The molecule has 1 heterocycles. The standard InChI is InChI=1S/C19H32N2/c1-4-5-6-11-19(2,3)15-20-14-16-9-10-18-17(13-16)8-7-12-21-18/h9-10,13,20-21H,4-8,11-12,14-15H2,1-3H3. The van der Waals surface area contributed by atoms with Crippen LogP contribution in [0, 0.1) is 5.41 Å². The lowest BCUT2D eigenvalue weighted by atomic mass is 9.87. The van der Waals surface area contributed by atoms with Crippen LogP contribution in [0.3, 0.4) is 0 Å². The number of hydrogen-bond donors (Lipinski definition) is 2. The Balaban J connectivity index is 1.77. The Bertz CT molecular complexity index is 437. The van der Waals surface area contributed by atoms with Crippen LogP contribution in [0.15, 0.2) is 18.2 Å². The van der Waals surface area contributed by atoms with Crippen LogP contribution in [0.4, 0.5) is 5.69 Å². The molecular weight excluding hydrogens is 256 g/mol. The van der Waals surface area contributed by atoms with Gasteiger partial charge in [0.15, 0.2) is 0 Å². The minimum absolute atomic E-state index is 0.408. The number of rotatable bonds is 8. The van der Waals surface area contributed by atoms with Crippen molar-refractivity contribution in [3.05, 3.63) is 29.3 Å². The Morgan fingerprint density at radius 1 is 1.24 bits per heavy atom. The molecule has 0 saturated heterocycles. The molecule has 0 spiro atoms. The van der Waals surface area contributed by atoms with E-state index in [4.69, 9.17) is 0 Å². The normalized spacial score (nSPS) is 14.6. The largest absolute Gasteiger partial charge is 0.385 e. The van der Waals surface area contributed by atoms with E-state index in [1.807, 2.05) is 0 Å². The molecule has 1 aliphatic rings. The summed E-state index contributed by atoms with van der Waals surface area (Å²) in [5.41, 5.74) is 4.65. The average molecular weight is 288 g/mol. The number of fused-ring (bicyclic) bond motifs is 1. The first-order valence-electron chi connectivity index (χ1n) is 8.67. The van der Waals surface area contributed by atoms with Crippen LogP contribution < -0.4 is 10.6 Å². The van der Waals surface area contributed by atoms with Crippen LogP contribution in [-0.2, 0) is 13.0 Å². The van der Waals surface area contributed by atoms with E-state index in [-0.39, 0.29) is 0 Å². The third kappa shape index (κ3) is 5.35. The predicted molar refractivity (Wildman–Crippen MR) is 92.9 cm³/mol. The molecule has 118 valence electrons. The molecule has 0 bridgehead atoms. The van der Waals surface area contributed by atoms with Crippen LogP contribution >= 0.6 is 0 Å². The minimum Gasteiger partial charge on any atom is -0.385 e. The van der Waals surface area contributed by atoms with Gasteiger partial charge in [-0.2, -0.15) is 0 Å². The molecule has 0 amide bonds. The van der Waals surface area contributed by atoms with E-state index in [0.29, 0.717) is 5.41 Å². The van der Waals surface area contributed by atoms with Crippen molar-refractivity contribution < 1.29 is 0 Å². The van der Waals surface area contributed by atoms with E-state index in [1.165, 1.54) is 55.3 Å². The smallest absolute Gasteiger partial charge is 0.0372 e. The summed E-state index contributed by atoms with van der Waals surface area (Å²) in [6, 6.07) is 6.88. The zero-order valence-electron chi connectivity index (χ0n) is 14.1. The van der Waals surface area contributed by atoms with E-state index in [2.05, 4.69) is 49.6 Å². The Kier molecular flexibility index (Phi) is 6.10. The van der Waals surface area contributed by atoms with Crippen molar-refractivity contribution in [2.24, 2.45) is 5.41 Å². The Hall–Kier alpha value is -1.02. The third-order valence-corrected chi connectivity index (χ3v) is 4.50. The predicted octanol–water partition coefficient (Wildman–Crippen LogP) is 4.74. The third-order valence-electron chi connectivity index (χ3n) is 4.50. The summed E-state index contributed by atoms with van der Waals surface area (Å²) in [5.74, 6) is 0. The van der Waals surface area contributed by atoms with Crippen molar-refractivity contribution >= 4 is 5.69 Å². The average Bonchev–Trinajstić information content (AvgIpc) is 2.47. The number of nitrogens with one attached hydrogen (secondary N) is 2. The molecule has 2 N–H and O–H groups in total. The molecular formula is C19H32N2. The lowest BCUT2D eigenvalue weighted by Gasteiger charge is -2.25. The molecule has 2 nitrogen and oxygen atoms in total. The second-order valence-corrected chi connectivity index (χ2v) is 7.25. The van der Waals surface area contributed by atoms with E-state index in [0.717, 1.165) is 19.6 Å². The molecule has 0 saturated carbocycles. The van der Waals surface area contributed by atoms with Crippen molar-refractivity contribution in [3.8, 4) is 0 Å². The molecule has 0 unspecified atom stereocenters. The van der Waals surface area contributed by atoms with Crippen LogP contribution in [0.2, 0.25) is 0 Å². The quantitative estimate of drug-likeness (QED) is 0.675. The fourth-order valence-electron chi connectivity index (χ4n) is 3.13. The summed E-state index contributed by atoms with van der Waals surface area (Å²) < 4.78 is 0. The van der Waals surface area contributed by atoms with Crippen molar-refractivity contribution in [2.75, 3.05) is 18.4 Å². The zero-order valence-corrected chi connectivity index (χ0v) is 14.1. The van der Waals surface area contributed by atoms with Crippen LogP contribution in [0.25, 0.3) is 0 Å². The summed E-state index contributed by atoms with van der Waals surface area (Å²) in [6.07, 6.45) is 7.83. The molecule has 21 heavy (non-hydrogen) atoms. The van der Waals surface area contributed by atoms with Crippen molar-refractivity contribution in [1.29, 1.82) is 0 Å². The van der Waals surface area contributed by atoms with Gasteiger partial charge < -0.3 is 10.6 Å². The Labute approximate surface area is 130 Å². The number of anilines is 1. The summed E-state index contributed by atoms with van der Waals surface area (Å²) in [7, 11) is 0. The van der Waals surface area contributed by atoms with Crippen LogP contribution in [-0.4, -0.2) is 13.1 Å². The topological polar surface area (TPSA) is 24.1 Å². The molecule has 0 aliphatic carbocycles. The first-order chi connectivity index (χ1) is 10.1. The monoisotopic (exact) mass is 288 g/mol. The molecule has 1 aromatic carbocycles. The first-order valence-corrected chi connectivity index (χ1v) is 8.67. The minimum atomic E-state index is 0.408. The van der Waals surface area contributed by atoms with Gasteiger partial charge in [-0.25, -0.2) is 0 Å². The SMILES string of the molecule is CCCCCC(C)(C)CNCc1ccc2c(c1)CCCN2. The fraction of sp³-hybridized carbons (Fsp3) is 0.684. The van der Waals surface area contributed by atoms with Crippen LogP contribution in [0.1, 0.15) is 64.0 Å². The molecule has 2 rings (SSSR count). The molecule has 1 aromatic rings. The number of aryl methyl sites for hydroxylation is 1. The van der Waals surface area contributed by atoms with E-state index < -0.39 is 0 Å². The van der Waals surface area contributed by atoms with Crippen molar-refractivity contribution in [2.45, 2.75) is 65.8 Å². The van der Waals surface area contributed by atoms with Crippen molar-refractivity contribution in [1.82, 2.24) is 5.32 Å². The van der Waals surface area contributed by atoms with Gasteiger partial charge in [0.05, 0.1) is 0 Å². The van der Waals surface area contributed by atoms with E-state index >= 15 is 0 Å². The molecule has 0 fully saturated rings. The van der Waals surface area contributed by atoms with Gasteiger partial charge in [0, 0.05) is 25.3 Å². The lowest BCUT2D eigenvalue weighted by molar-refractivity contribution is 0.302. The maximum absolute atomic E-state index is 3.66. The number of hydrogen-bond acceptors (Lipinski definition) is 2. The highest BCUT2D eigenvalue weighted by Crippen LogP contribution is 2.24. The van der Waals surface area contributed by atoms with Gasteiger partial charge in [-0.05, 0) is 41.9 Å². The Morgan fingerprint density at radius 3 is 2.90 bits per heavy atom. The second kappa shape index (κ2) is 7.84. The molecule has 0 radical (unpaired) electrons. The summed E-state index contributed by atoms with van der Waals surface area (Å²) in [6.45, 7) is 10.3. The summed E-state index contributed by atoms with van der Waals surface area (Å²) in [5, 5.41) is 7.13. The molecule has 1 aliphatic heterocycles. The summed E-state index contributed by atoms with van der Waals surface area (Å²) >= 11 is 0. The van der Waals surface area contributed by atoms with Gasteiger partial charge in [0.2, 0.25) is 0 Å². The van der Waals surface area contributed by atoms with Gasteiger partial charge in [-0.15, -0.1) is 0 Å². The maximum atomic E-state index is 3.66. The second-order valence-electron chi connectivity index (χ2n) is 7.25. The van der Waals surface area contributed by atoms with Gasteiger partial charge in [-0.1, -0.05) is 52.2 Å². The van der Waals surface area contributed by atoms with E-state index in [9.17, 15) is 0 Å². The highest BCUT2D eigenvalue weighted by atomic mass is 14.9. The number of benzene rings is 1. The zero-order chi connectivity index (χ0) is 15.1. The Morgan fingerprint density at radius 2 is 2.10 bits per heavy atom. The first kappa shape index (κ1) is 16.4. The highest BCUT2D eigenvalue weighted by Gasteiger charge is 2.16. The van der Waals surface area contributed by atoms with Crippen molar-refractivity contribution in [3.63, 3.8) is 0 Å². The van der Waals surface area contributed by atoms with Crippen LogP contribution in [0.5, 0.6) is 0 Å². The molecule has 2 heteroatoms. The van der Waals surface area contributed by atoms with Gasteiger partial charge in [0.1, 0.15) is 0 Å². The summed E-state index contributed by atoms with van der Waals surface area (Å²) in [4.78, 5) is 0. The fourth-order valence-corrected chi connectivity index (χ4v) is 3.13. The molecule has 0 aromatic heterocycles. The highest BCUT2D eigenvalue weighted by molar-refractivity contribution is 5.54. The lowest BCUT2D eigenvalue weighted by Crippen LogP contribution is -2.29. The van der Waals surface area contributed by atoms with Gasteiger partial charge in [0.25, 0.3) is 0 Å². The number of unbranched alkanes of at least 4 members (excludes halogenated alkanes) is 2. The van der Waals surface area contributed by atoms with Gasteiger partial charge in [-0.3, -0.25) is 0 Å².